The third kappa shape index (κ3) is 2.41. The van der Waals surface area contributed by atoms with Gasteiger partial charge in [-0.05, 0) is 12.8 Å². The molecule has 18 heavy (non-hydrogen) atoms. The molecule has 0 atom stereocenters. The van der Waals surface area contributed by atoms with Gasteiger partial charge < -0.3 is 19.8 Å². The van der Waals surface area contributed by atoms with Crippen LogP contribution in [0.15, 0.2) is 22.8 Å². The number of nitrogens with one attached hydrogen (secondary N) is 2. The average Bonchev–Trinajstić information content (AvgIpc) is 2.96. The van der Waals surface area contributed by atoms with Gasteiger partial charge in [0.15, 0.2) is 5.58 Å². The molecule has 0 aliphatic carbocycles. The molecule has 0 radical (unpaired) electrons. The fraction of sp³-hybridized carbons (Fsp3) is 0.462. The van der Waals surface area contributed by atoms with E-state index in [-0.39, 0.29) is 12.5 Å². The van der Waals surface area contributed by atoms with Crippen molar-refractivity contribution < 1.29 is 14.3 Å². The molecule has 0 saturated carbocycles. The van der Waals surface area contributed by atoms with Crippen LogP contribution < -0.4 is 5.32 Å². The SMILES string of the molecule is CCC(O)(CC)CNC(=O)c1cc2occc2[nH]1. The van der Waals surface area contributed by atoms with Crippen LogP contribution in [-0.4, -0.2) is 28.1 Å². The Kier molecular flexibility index (Phi) is 3.43. The Hall–Kier alpha value is -1.75. The maximum Gasteiger partial charge on any atom is 0.267 e. The molecule has 0 unspecified atom stereocenters. The molecule has 0 spiro atoms. The van der Waals surface area contributed by atoms with Crippen LogP contribution in [0.3, 0.4) is 0 Å². The van der Waals surface area contributed by atoms with E-state index in [4.69, 9.17) is 4.42 Å². The smallest absolute Gasteiger partial charge is 0.267 e. The zero-order chi connectivity index (χ0) is 13.2. The van der Waals surface area contributed by atoms with Crippen molar-refractivity contribution in [2.45, 2.75) is 32.3 Å². The number of aliphatic hydroxyl groups is 1. The minimum atomic E-state index is -0.832. The van der Waals surface area contributed by atoms with Gasteiger partial charge in [0.05, 0.1) is 17.4 Å². The molecule has 5 heteroatoms. The predicted octanol–water partition coefficient (Wildman–Crippen LogP) is 2.04. The summed E-state index contributed by atoms with van der Waals surface area (Å²) in [6.07, 6.45) is 2.78. The summed E-state index contributed by atoms with van der Waals surface area (Å²) in [6, 6.07) is 3.42. The molecule has 0 aliphatic heterocycles. The molecular formula is C13H18N2O3. The highest BCUT2D eigenvalue weighted by Gasteiger charge is 2.23. The summed E-state index contributed by atoms with van der Waals surface area (Å²) in [5, 5.41) is 12.8. The summed E-state index contributed by atoms with van der Waals surface area (Å²) in [5.74, 6) is -0.235. The van der Waals surface area contributed by atoms with Gasteiger partial charge in [-0.3, -0.25) is 4.79 Å². The third-order valence-electron chi connectivity index (χ3n) is 3.38. The van der Waals surface area contributed by atoms with Crippen molar-refractivity contribution in [1.82, 2.24) is 10.3 Å². The fourth-order valence-electron chi connectivity index (χ4n) is 1.81. The van der Waals surface area contributed by atoms with Crippen molar-refractivity contribution in [2.24, 2.45) is 0 Å². The first kappa shape index (κ1) is 12.7. The molecule has 0 aliphatic rings. The first-order valence-corrected chi connectivity index (χ1v) is 6.15. The Morgan fingerprint density at radius 3 is 2.83 bits per heavy atom. The highest BCUT2D eigenvalue weighted by Crippen LogP contribution is 2.17. The van der Waals surface area contributed by atoms with Gasteiger partial charge in [-0.2, -0.15) is 0 Å². The zero-order valence-corrected chi connectivity index (χ0v) is 10.6. The van der Waals surface area contributed by atoms with Gasteiger partial charge in [0, 0.05) is 18.7 Å². The van der Waals surface area contributed by atoms with Gasteiger partial charge in [-0.1, -0.05) is 13.8 Å². The number of carbonyl (C=O) groups excluding carboxylic acids is 1. The molecule has 3 N–H and O–H groups in total. The lowest BCUT2D eigenvalue weighted by Crippen LogP contribution is -2.42. The molecule has 5 nitrogen and oxygen atoms in total. The lowest BCUT2D eigenvalue weighted by atomic mass is 9.97. The van der Waals surface area contributed by atoms with Gasteiger partial charge in [-0.25, -0.2) is 0 Å². The van der Waals surface area contributed by atoms with E-state index in [9.17, 15) is 9.90 Å². The quantitative estimate of drug-likeness (QED) is 0.759. The summed E-state index contributed by atoms with van der Waals surface area (Å²) < 4.78 is 5.18. The van der Waals surface area contributed by atoms with E-state index in [1.807, 2.05) is 13.8 Å². The number of rotatable bonds is 5. The van der Waals surface area contributed by atoms with E-state index in [1.165, 1.54) is 0 Å². The van der Waals surface area contributed by atoms with E-state index in [0.29, 0.717) is 24.1 Å². The molecule has 0 saturated heterocycles. The number of hydrogen-bond donors (Lipinski definition) is 3. The van der Waals surface area contributed by atoms with Crippen molar-refractivity contribution in [3.05, 3.63) is 24.1 Å². The summed E-state index contributed by atoms with van der Waals surface area (Å²) >= 11 is 0. The topological polar surface area (TPSA) is 78.3 Å². The standard InChI is InChI=1S/C13H18N2O3/c1-3-13(17,4-2)8-14-12(16)10-7-11-9(15-10)5-6-18-11/h5-7,15,17H,3-4,8H2,1-2H3,(H,14,16). The van der Waals surface area contributed by atoms with Crippen LogP contribution in [0.5, 0.6) is 0 Å². The molecule has 98 valence electrons. The molecule has 0 fully saturated rings. The van der Waals surface area contributed by atoms with Crippen molar-refractivity contribution in [2.75, 3.05) is 6.54 Å². The van der Waals surface area contributed by atoms with E-state index in [1.54, 1.807) is 18.4 Å². The summed E-state index contributed by atoms with van der Waals surface area (Å²) in [7, 11) is 0. The van der Waals surface area contributed by atoms with E-state index < -0.39 is 5.60 Å². The number of aromatic nitrogens is 1. The van der Waals surface area contributed by atoms with Crippen LogP contribution in [0.1, 0.15) is 37.2 Å². The predicted molar refractivity (Wildman–Crippen MR) is 68.4 cm³/mol. The maximum absolute atomic E-state index is 11.9. The molecule has 1 amide bonds. The van der Waals surface area contributed by atoms with Crippen molar-refractivity contribution in [3.8, 4) is 0 Å². The number of H-pyrrole nitrogens is 1. The molecule has 2 aromatic heterocycles. The lowest BCUT2D eigenvalue weighted by Gasteiger charge is -2.25. The van der Waals surface area contributed by atoms with Crippen molar-refractivity contribution in [1.29, 1.82) is 0 Å². The summed E-state index contributed by atoms with van der Waals surface area (Å²) in [4.78, 5) is 14.9. The second-order valence-electron chi connectivity index (χ2n) is 4.50. The Labute approximate surface area is 105 Å². The number of fused-ring (bicyclic) bond motifs is 1. The number of furan rings is 1. The van der Waals surface area contributed by atoms with Crippen LogP contribution in [0.25, 0.3) is 11.1 Å². The Morgan fingerprint density at radius 1 is 1.50 bits per heavy atom. The van der Waals surface area contributed by atoms with Gasteiger partial charge in [0.1, 0.15) is 5.69 Å². The number of amides is 1. The molecule has 0 bridgehead atoms. The normalized spacial score (nSPS) is 11.9. The van der Waals surface area contributed by atoms with Crippen molar-refractivity contribution >= 4 is 17.0 Å². The zero-order valence-electron chi connectivity index (χ0n) is 10.6. The maximum atomic E-state index is 11.9. The number of carbonyl (C=O) groups is 1. The van der Waals surface area contributed by atoms with Crippen LogP contribution in [0.2, 0.25) is 0 Å². The number of hydrogen-bond acceptors (Lipinski definition) is 3. The largest absolute Gasteiger partial charge is 0.463 e. The first-order valence-electron chi connectivity index (χ1n) is 6.15. The Bertz CT molecular complexity index is 509. The van der Waals surface area contributed by atoms with Gasteiger partial charge in [0.25, 0.3) is 5.91 Å². The van der Waals surface area contributed by atoms with E-state index in [2.05, 4.69) is 10.3 Å². The first-order chi connectivity index (χ1) is 8.58. The molecule has 2 aromatic rings. The van der Waals surface area contributed by atoms with Gasteiger partial charge >= 0.3 is 0 Å². The van der Waals surface area contributed by atoms with Crippen LogP contribution >= 0.6 is 0 Å². The third-order valence-corrected chi connectivity index (χ3v) is 3.38. The molecule has 2 heterocycles. The Balaban J connectivity index is 2.02. The minimum Gasteiger partial charge on any atom is -0.463 e. The molecular weight excluding hydrogens is 232 g/mol. The second kappa shape index (κ2) is 4.86. The Morgan fingerprint density at radius 2 is 2.22 bits per heavy atom. The fourth-order valence-corrected chi connectivity index (χ4v) is 1.81. The van der Waals surface area contributed by atoms with Crippen LogP contribution in [0, 0.1) is 0 Å². The highest BCUT2D eigenvalue weighted by molar-refractivity contribution is 5.96. The molecule has 0 aromatic carbocycles. The minimum absolute atomic E-state index is 0.235. The average molecular weight is 250 g/mol. The lowest BCUT2D eigenvalue weighted by molar-refractivity contribution is 0.0313. The van der Waals surface area contributed by atoms with E-state index in [0.717, 1.165) is 5.52 Å². The highest BCUT2D eigenvalue weighted by atomic mass is 16.3. The number of aromatic amines is 1. The van der Waals surface area contributed by atoms with Gasteiger partial charge in [0.2, 0.25) is 0 Å². The monoisotopic (exact) mass is 250 g/mol. The summed E-state index contributed by atoms with van der Waals surface area (Å²) in [5.41, 5.74) is 1.06. The van der Waals surface area contributed by atoms with Crippen molar-refractivity contribution in [3.63, 3.8) is 0 Å². The van der Waals surface area contributed by atoms with Gasteiger partial charge in [-0.15, -0.1) is 0 Å². The van der Waals surface area contributed by atoms with E-state index >= 15 is 0 Å². The second-order valence-corrected chi connectivity index (χ2v) is 4.50. The van der Waals surface area contributed by atoms with Crippen LogP contribution in [0.4, 0.5) is 0 Å². The molecule has 2 rings (SSSR count). The summed E-state index contributed by atoms with van der Waals surface area (Å²) in [6.45, 7) is 4.05. The van der Waals surface area contributed by atoms with Crippen LogP contribution in [-0.2, 0) is 0 Å².